The van der Waals surface area contributed by atoms with Gasteiger partial charge < -0.3 is 14.6 Å². The van der Waals surface area contributed by atoms with Gasteiger partial charge in [0.2, 0.25) is 0 Å². The lowest BCUT2D eigenvalue weighted by Gasteiger charge is -2.08. The summed E-state index contributed by atoms with van der Waals surface area (Å²) in [6.45, 7) is 3.50. The van der Waals surface area contributed by atoms with Gasteiger partial charge in [0.05, 0.1) is 14.2 Å². The molecule has 0 atom stereocenters. The van der Waals surface area contributed by atoms with Gasteiger partial charge in [0.25, 0.3) is 5.95 Å². The van der Waals surface area contributed by atoms with Crippen molar-refractivity contribution in [2.45, 2.75) is 13.8 Å². The van der Waals surface area contributed by atoms with Crippen molar-refractivity contribution in [2.75, 3.05) is 14.2 Å². The number of ether oxygens (including phenoxy) is 2. The van der Waals surface area contributed by atoms with Crippen LogP contribution in [0.2, 0.25) is 0 Å². The van der Waals surface area contributed by atoms with E-state index < -0.39 is 0 Å². The van der Waals surface area contributed by atoms with Crippen molar-refractivity contribution >= 4 is 17.1 Å². The van der Waals surface area contributed by atoms with Gasteiger partial charge in [-0.05, 0) is 42.2 Å². The lowest BCUT2D eigenvalue weighted by molar-refractivity contribution is -0.135. The zero-order valence-corrected chi connectivity index (χ0v) is 12.6. The molecule has 0 bridgehead atoms. The Labute approximate surface area is 124 Å². The maximum Gasteiger partial charge on any atom is 0.334 e. The second-order valence-corrected chi connectivity index (χ2v) is 4.77. The Morgan fingerprint density at radius 2 is 1.67 bits per heavy atom. The summed E-state index contributed by atoms with van der Waals surface area (Å²) in [6, 6.07) is 7.72. The van der Waals surface area contributed by atoms with Crippen LogP contribution >= 0.6 is 0 Å². The minimum Gasteiger partial charge on any atom is -0.481 e. The summed E-state index contributed by atoms with van der Waals surface area (Å²) >= 11 is 0. The monoisotopic (exact) mass is 286 g/mol. The number of hydrogen-bond donors (Lipinski definition) is 1. The molecule has 0 aliphatic heterocycles. The van der Waals surface area contributed by atoms with E-state index in [-0.39, 0.29) is 11.9 Å². The van der Waals surface area contributed by atoms with E-state index in [1.165, 1.54) is 14.2 Å². The van der Waals surface area contributed by atoms with Gasteiger partial charge in [-0.2, -0.15) is 0 Å². The smallest absolute Gasteiger partial charge is 0.334 e. The van der Waals surface area contributed by atoms with Gasteiger partial charge >= 0.3 is 5.97 Å². The van der Waals surface area contributed by atoms with E-state index in [0.717, 1.165) is 22.3 Å². The van der Waals surface area contributed by atoms with Crippen molar-refractivity contribution in [3.05, 3.63) is 58.6 Å². The highest BCUT2D eigenvalue weighted by Gasteiger charge is 2.24. The second-order valence-electron chi connectivity index (χ2n) is 4.77. The van der Waals surface area contributed by atoms with Crippen LogP contribution in [-0.2, 0) is 14.3 Å². The number of carbonyl (C=O) groups is 1. The number of benzene rings is 1. The highest BCUT2D eigenvalue weighted by atomic mass is 16.6. The molecule has 1 aromatic carbocycles. The molecule has 0 aromatic heterocycles. The molecule has 1 aliphatic carbocycles. The first-order valence-corrected chi connectivity index (χ1v) is 6.56. The highest BCUT2D eigenvalue weighted by Crippen LogP contribution is 2.41. The fourth-order valence-electron chi connectivity index (χ4n) is 2.40. The molecule has 0 heterocycles. The Morgan fingerprint density at radius 3 is 2.24 bits per heavy atom. The van der Waals surface area contributed by atoms with Crippen LogP contribution in [0.25, 0.3) is 11.1 Å². The van der Waals surface area contributed by atoms with Gasteiger partial charge in [0.15, 0.2) is 0 Å². The van der Waals surface area contributed by atoms with Gasteiger partial charge in [-0.15, -0.1) is 0 Å². The Morgan fingerprint density at radius 1 is 1.05 bits per heavy atom. The number of esters is 1. The summed E-state index contributed by atoms with van der Waals surface area (Å²) in [5.41, 5.74) is 4.69. The third kappa shape index (κ3) is 2.57. The maximum absolute atomic E-state index is 11.8. The van der Waals surface area contributed by atoms with Crippen LogP contribution < -0.4 is 0 Å². The number of hydrogen-bond acceptors (Lipinski definition) is 4. The van der Waals surface area contributed by atoms with Crippen LogP contribution in [-0.4, -0.2) is 25.3 Å². The van der Waals surface area contributed by atoms with E-state index in [1.54, 1.807) is 13.8 Å². The van der Waals surface area contributed by atoms with Gasteiger partial charge in [0.1, 0.15) is 0 Å². The van der Waals surface area contributed by atoms with Gasteiger partial charge in [-0.1, -0.05) is 24.3 Å². The zero-order valence-electron chi connectivity index (χ0n) is 12.6. The van der Waals surface area contributed by atoms with Crippen LogP contribution in [0, 0.1) is 0 Å². The molecule has 4 nitrogen and oxygen atoms in total. The van der Waals surface area contributed by atoms with Crippen molar-refractivity contribution in [3.8, 4) is 0 Å². The van der Waals surface area contributed by atoms with E-state index in [0.29, 0.717) is 11.1 Å². The first-order chi connectivity index (χ1) is 10.0. The number of carbonyl (C=O) groups excluding carboxylic acids is 1. The summed E-state index contributed by atoms with van der Waals surface area (Å²) in [6.07, 6.45) is 1.88. The lowest BCUT2D eigenvalue weighted by atomic mass is 9.99. The van der Waals surface area contributed by atoms with Gasteiger partial charge in [-0.3, -0.25) is 0 Å². The summed E-state index contributed by atoms with van der Waals surface area (Å²) in [7, 11) is 2.77. The van der Waals surface area contributed by atoms with Crippen molar-refractivity contribution in [3.63, 3.8) is 0 Å². The van der Waals surface area contributed by atoms with Crippen LogP contribution in [0.1, 0.15) is 25.0 Å². The Hall–Kier alpha value is -2.49. The quantitative estimate of drug-likeness (QED) is 0.525. The molecule has 0 spiro atoms. The average molecular weight is 286 g/mol. The van der Waals surface area contributed by atoms with Crippen LogP contribution in [0.4, 0.5) is 0 Å². The first kappa shape index (κ1) is 14.9. The molecule has 4 heteroatoms. The molecule has 1 N–H and O–H groups in total. The predicted octanol–water partition coefficient (Wildman–Crippen LogP) is 3.47. The van der Waals surface area contributed by atoms with Crippen molar-refractivity contribution < 1.29 is 19.4 Å². The molecule has 0 radical (unpaired) electrons. The number of aliphatic hydroxyl groups excluding tert-OH is 1. The average Bonchev–Trinajstić information content (AvgIpc) is 2.91. The molecule has 1 aromatic rings. The highest BCUT2D eigenvalue weighted by molar-refractivity contribution is 6.08. The number of rotatable bonds is 3. The molecule has 2 rings (SSSR count). The second kappa shape index (κ2) is 5.87. The molecule has 0 saturated carbocycles. The van der Waals surface area contributed by atoms with Crippen molar-refractivity contribution in [2.24, 2.45) is 0 Å². The summed E-state index contributed by atoms with van der Waals surface area (Å²) in [4.78, 5) is 11.8. The molecular formula is C17H18O4. The van der Waals surface area contributed by atoms with Gasteiger partial charge in [0, 0.05) is 11.1 Å². The van der Waals surface area contributed by atoms with Crippen molar-refractivity contribution in [1.82, 2.24) is 0 Å². The van der Waals surface area contributed by atoms with Crippen LogP contribution in [0.3, 0.4) is 0 Å². The Kier molecular flexibility index (Phi) is 4.17. The lowest BCUT2D eigenvalue weighted by Crippen LogP contribution is -2.03. The molecule has 1 aliphatic rings. The fourth-order valence-corrected chi connectivity index (χ4v) is 2.40. The SMILES string of the molecule is COC(=O)C(C)=C1C=C(C(C)=C(O)OC)c2ccccc21. The Bertz CT molecular complexity index is 678. The number of allylic oxidation sites excluding steroid dienone is 4. The molecule has 0 saturated heterocycles. The normalized spacial score (nSPS) is 16.7. The van der Waals surface area contributed by atoms with E-state index in [9.17, 15) is 9.90 Å². The van der Waals surface area contributed by atoms with E-state index >= 15 is 0 Å². The Balaban J connectivity index is 2.67. The van der Waals surface area contributed by atoms with Crippen molar-refractivity contribution in [1.29, 1.82) is 0 Å². The zero-order chi connectivity index (χ0) is 15.6. The number of fused-ring (bicyclic) bond motifs is 1. The number of aliphatic hydroxyl groups is 1. The largest absolute Gasteiger partial charge is 0.481 e. The molecule has 0 amide bonds. The molecule has 21 heavy (non-hydrogen) atoms. The van der Waals surface area contributed by atoms with Gasteiger partial charge in [-0.25, -0.2) is 4.79 Å². The van der Waals surface area contributed by atoms with Crippen LogP contribution in [0.5, 0.6) is 0 Å². The molecule has 110 valence electrons. The van der Waals surface area contributed by atoms with E-state index in [2.05, 4.69) is 0 Å². The standard InChI is InChI=1S/C17H18O4/c1-10(16(18)20-3)14-9-15(11(2)17(19)21-4)13-8-6-5-7-12(13)14/h5-9,18H,1-4H3. The molecule has 0 fully saturated rings. The topological polar surface area (TPSA) is 55.8 Å². The summed E-state index contributed by atoms with van der Waals surface area (Å²) in [5.74, 6) is -0.497. The first-order valence-electron chi connectivity index (χ1n) is 6.56. The number of methoxy groups -OCH3 is 2. The minimum atomic E-state index is -0.366. The third-order valence-corrected chi connectivity index (χ3v) is 3.61. The van der Waals surface area contributed by atoms with Crippen LogP contribution in [0.15, 0.2) is 47.4 Å². The maximum atomic E-state index is 11.8. The molecular weight excluding hydrogens is 268 g/mol. The summed E-state index contributed by atoms with van der Waals surface area (Å²) < 4.78 is 9.68. The van der Waals surface area contributed by atoms with E-state index in [4.69, 9.17) is 9.47 Å². The fraction of sp³-hybridized carbons (Fsp3) is 0.235. The predicted molar refractivity (Wildman–Crippen MR) is 81.4 cm³/mol. The van der Waals surface area contributed by atoms with E-state index in [1.807, 2.05) is 30.3 Å². The minimum absolute atomic E-state index is 0.131. The third-order valence-electron chi connectivity index (χ3n) is 3.61. The summed E-state index contributed by atoms with van der Waals surface area (Å²) in [5, 5.41) is 9.80. The molecule has 0 unspecified atom stereocenters.